The van der Waals surface area contributed by atoms with Crippen LogP contribution in [0, 0.1) is 0 Å². The molecule has 0 rings (SSSR count). The highest BCUT2D eigenvalue weighted by atomic mass is 16.4. The molecular weight excluding hydrogens is 578 g/mol. The molecule has 0 aliphatic carbocycles. The first-order valence-corrected chi connectivity index (χ1v) is 19.4. The number of allylic oxidation sites excluding steroid dienone is 2. The Labute approximate surface area is 283 Å². The molecule has 3 atom stereocenters. The highest BCUT2D eigenvalue weighted by Crippen LogP contribution is 2.34. The zero-order valence-electron chi connectivity index (χ0n) is 30.5. The summed E-state index contributed by atoms with van der Waals surface area (Å²) in [5.41, 5.74) is 0. The van der Waals surface area contributed by atoms with Crippen LogP contribution < -0.4 is 5.11 Å². The monoisotopic (exact) mass is 652 g/mol. The molecule has 0 aromatic carbocycles. The molecule has 2 N–H and O–H groups in total. The molecule has 0 amide bonds. The molecule has 0 saturated heterocycles. The molecule has 0 spiro atoms. The van der Waals surface area contributed by atoms with Gasteiger partial charge in [-0.1, -0.05) is 143 Å². The van der Waals surface area contributed by atoms with Gasteiger partial charge in [-0.25, -0.2) is 9.59 Å². The fraction of sp³-hybridized carbons (Fsp3) is 0.872. The van der Waals surface area contributed by atoms with Crippen LogP contribution in [-0.4, -0.2) is 57.3 Å². The molecule has 0 aliphatic heterocycles. The number of hydrogen-bond acceptors (Lipinski definition) is 4. The van der Waals surface area contributed by atoms with E-state index in [9.17, 15) is 29.7 Å². The van der Waals surface area contributed by atoms with Crippen LogP contribution in [0.4, 0.5) is 0 Å². The van der Waals surface area contributed by atoms with Gasteiger partial charge in [0.05, 0.1) is 12.5 Å². The quantitative estimate of drug-likeness (QED) is 0.0407. The minimum atomic E-state index is -1.34. The predicted octanol–water partition coefficient (Wildman–Crippen LogP) is 9.61. The Bertz CT molecular complexity index is 738. The molecular formula is C39H73NO6. The Balaban J connectivity index is 4.64. The molecule has 0 bridgehead atoms. The van der Waals surface area contributed by atoms with E-state index in [4.69, 9.17) is 0 Å². The lowest BCUT2D eigenvalue weighted by Gasteiger charge is -2.52. The van der Waals surface area contributed by atoms with Crippen molar-refractivity contribution in [3.05, 3.63) is 12.2 Å². The number of quaternary nitrogens is 1. The van der Waals surface area contributed by atoms with Crippen molar-refractivity contribution in [1.29, 1.82) is 0 Å². The van der Waals surface area contributed by atoms with Gasteiger partial charge in [-0.2, -0.15) is 0 Å². The summed E-state index contributed by atoms with van der Waals surface area (Å²) in [6.45, 7) is 8.05. The van der Waals surface area contributed by atoms with Gasteiger partial charge in [-0.3, -0.25) is 4.48 Å². The number of unbranched alkanes of at least 4 members (excludes halogenated alkanes) is 18. The summed E-state index contributed by atoms with van der Waals surface area (Å²) in [6.07, 6.45) is 31.6. The van der Waals surface area contributed by atoms with E-state index in [1.807, 2.05) is 20.8 Å². The van der Waals surface area contributed by atoms with E-state index in [0.717, 1.165) is 19.3 Å². The van der Waals surface area contributed by atoms with Crippen molar-refractivity contribution in [3.63, 3.8) is 0 Å². The van der Waals surface area contributed by atoms with Crippen molar-refractivity contribution in [2.75, 3.05) is 6.54 Å². The minimum Gasteiger partial charge on any atom is -0.544 e. The first-order valence-electron chi connectivity index (χ1n) is 19.4. The third-order valence-corrected chi connectivity index (χ3v) is 9.83. The van der Waals surface area contributed by atoms with E-state index in [-0.39, 0.29) is 25.8 Å². The van der Waals surface area contributed by atoms with Crippen molar-refractivity contribution in [3.8, 4) is 0 Å². The van der Waals surface area contributed by atoms with Gasteiger partial charge in [0.25, 0.3) is 0 Å². The number of carboxylic acid groups (broad SMARTS) is 3. The van der Waals surface area contributed by atoms with Gasteiger partial charge in [0.2, 0.25) is 0 Å². The molecule has 0 aliphatic rings. The summed E-state index contributed by atoms with van der Waals surface area (Å²) in [4.78, 5) is 37.7. The number of rotatable bonds is 34. The Morgan fingerprint density at radius 3 is 1.15 bits per heavy atom. The lowest BCUT2D eigenvalue weighted by molar-refractivity contribution is -0.975. The fourth-order valence-electron chi connectivity index (χ4n) is 7.33. The van der Waals surface area contributed by atoms with E-state index in [1.54, 1.807) is 0 Å². The van der Waals surface area contributed by atoms with Crippen LogP contribution in [-0.2, 0) is 14.4 Å². The Hall–Kier alpha value is -1.89. The van der Waals surface area contributed by atoms with Gasteiger partial charge < -0.3 is 20.1 Å². The van der Waals surface area contributed by atoms with Gasteiger partial charge >= 0.3 is 11.9 Å². The van der Waals surface area contributed by atoms with Gasteiger partial charge in [-0.15, -0.1) is 0 Å². The van der Waals surface area contributed by atoms with Crippen molar-refractivity contribution in [2.45, 2.75) is 213 Å². The van der Waals surface area contributed by atoms with Crippen molar-refractivity contribution >= 4 is 17.9 Å². The highest BCUT2D eigenvalue weighted by molar-refractivity contribution is 5.77. The van der Waals surface area contributed by atoms with Crippen molar-refractivity contribution < 1.29 is 34.2 Å². The molecule has 3 unspecified atom stereocenters. The average molecular weight is 652 g/mol. The van der Waals surface area contributed by atoms with E-state index >= 15 is 0 Å². The molecule has 0 radical (unpaired) electrons. The fourth-order valence-corrected chi connectivity index (χ4v) is 7.33. The number of carbonyl (C=O) groups is 3. The van der Waals surface area contributed by atoms with E-state index < -0.39 is 40.5 Å². The summed E-state index contributed by atoms with van der Waals surface area (Å²) >= 11 is 0. The van der Waals surface area contributed by atoms with E-state index in [1.165, 1.54) is 103 Å². The smallest absolute Gasteiger partial charge is 0.362 e. The molecule has 0 heterocycles. The molecule has 46 heavy (non-hydrogen) atoms. The maximum absolute atomic E-state index is 12.6. The van der Waals surface area contributed by atoms with Crippen LogP contribution in [0.25, 0.3) is 0 Å². The Morgan fingerprint density at radius 1 is 0.500 bits per heavy atom. The maximum Gasteiger partial charge on any atom is 0.362 e. The van der Waals surface area contributed by atoms with Crippen LogP contribution in [0.5, 0.6) is 0 Å². The number of carboxylic acids is 3. The number of carbonyl (C=O) groups excluding carboxylic acids is 1. The third-order valence-electron chi connectivity index (χ3n) is 9.83. The summed E-state index contributed by atoms with van der Waals surface area (Å²) in [6, 6.07) is -3.37. The van der Waals surface area contributed by atoms with Crippen LogP contribution in [0.3, 0.4) is 0 Å². The summed E-state index contributed by atoms with van der Waals surface area (Å²) in [5, 5.41) is 33.1. The zero-order chi connectivity index (χ0) is 34.5. The van der Waals surface area contributed by atoms with Crippen LogP contribution in [0.2, 0.25) is 0 Å². The topological polar surface area (TPSA) is 115 Å². The highest BCUT2D eigenvalue weighted by Gasteiger charge is 2.54. The molecule has 270 valence electrons. The van der Waals surface area contributed by atoms with Gasteiger partial charge in [-0.05, 0) is 44.9 Å². The first-order chi connectivity index (χ1) is 22.2. The van der Waals surface area contributed by atoms with Crippen LogP contribution >= 0.6 is 0 Å². The summed E-state index contributed by atoms with van der Waals surface area (Å²) < 4.78 is -0.453. The largest absolute Gasteiger partial charge is 0.544 e. The predicted molar refractivity (Wildman–Crippen MR) is 189 cm³/mol. The summed E-state index contributed by atoms with van der Waals surface area (Å²) in [7, 11) is 0. The second-order valence-corrected chi connectivity index (χ2v) is 13.7. The summed E-state index contributed by atoms with van der Waals surface area (Å²) in [5.74, 6) is -3.58. The Kier molecular flexibility index (Phi) is 28.1. The Morgan fingerprint density at radius 2 is 0.826 bits per heavy atom. The van der Waals surface area contributed by atoms with Crippen molar-refractivity contribution in [2.24, 2.45) is 0 Å². The van der Waals surface area contributed by atoms with E-state index in [0.29, 0.717) is 25.7 Å². The molecule has 0 fully saturated rings. The SMILES string of the molecule is CCCCCCCCCCCCCCCCCC/C=C/CCCC[N+](C(CCC)C(=O)[O-])(C(CCC)C(=O)O)C(CCC)C(=O)O. The minimum absolute atomic E-state index is 0.197. The van der Waals surface area contributed by atoms with E-state index in [2.05, 4.69) is 19.1 Å². The lowest BCUT2D eigenvalue weighted by atomic mass is 9.91. The molecule has 0 aromatic rings. The maximum atomic E-state index is 12.6. The standard InChI is InChI=1S/C39H73NO6/c1-5-9-10-11-12-13-14-15-16-17-18-19-20-21-22-23-24-25-26-27-28-29-33-40(34(30-6-2)37(41)42,35(31-7-3)38(43)44)36(32-8-4)39(45)46/h25-26,34-36H,5-24,27-33H2,1-4H3,(H2-,41,42,43,44,45,46)/b26-25+. The second-order valence-electron chi connectivity index (χ2n) is 13.7. The zero-order valence-corrected chi connectivity index (χ0v) is 30.5. The lowest BCUT2D eigenvalue weighted by Crippen LogP contribution is -2.74. The van der Waals surface area contributed by atoms with Crippen LogP contribution in [0.1, 0.15) is 195 Å². The van der Waals surface area contributed by atoms with Gasteiger partial charge in [0.15, 0.2) is 12.1 Å². The van der Waals surface area contributed by atoms with Gasteiger partial charge in [0.1, 0.15) is 6.04 Å². The average Bonchev–Trinajstić information content (AvgIpc) is 3.02. The van der Waals surface area contributed by atoms with Crippen LogP contribution in [0.15, 0.2) is 12.2 Å². The van der Waals surface area contributed by atoms with Crippen molar-refractivity contribution in [1.82, 2.24) is 0 Å². The molecule has 0 saturated carbocycles. The first kappa shape index (κ1) is 44.1. The van der Waals surface area contributed by atoms with Gasteiger partial charge in [0, 0.05) is 19.3 Å². The number of aliphatic carboxylic acids is 3. The third kappa shape index (κ3) is 18.4. The second kappa shape index (κ2) is 29.3. The molecule has 0 aromatic heterocycles. The number of hydrogen-bond donors (Lipinski definition) is 2. The molecule has 7 heteroatoms. The normalized spacial score (nSPS) is 15.0. The molecule has 7 nitrogen and oxygen atoms in total. The number of nitrogens with zero attached hydrogens (tertiary/aromatic N) is 1.